The number of rotatable bonds is 10. The monoisotopic (exact) mass is 330 g/mol. The van der Waals surface area contributed by atoms with E-state index < -0.39 is 6.29 Å². The van der Waals surface area contributed by atoms with Crippen LogP contribution in [0.15, 0.2) is 0 Å². The Morgan fingerprint density at radius 3 is 1.83 bits per heavy atom. The van der Waals surface area contributed by atoms with Gasteiger partial charge in [-0.05, 0) is 31.6 Å². The number of hydrogen-bond donors (Lipinski definition) is 4. The Labute approximate surface area is 144 Å². The Morgan fingerprint density at radius 1 is 0.913 bits per heavy atom. The summed E-state index contributed by atoms with van der Waals surface area (Å²) in [5, 5.41) is 17.2. The van der Waals surface area contributed by atoms with Gasteiger partial charge in [0.25, 0.3) is 0 Å². The number of unbranched alkanes of at least 4 members (excludes halogenated alkanes) is 8. The lowest BCUT2D eigenvalue weighted by Gasteiger charge is -2.35. The summed E-state index contributed by atoms with van der Waals surface area (Å²) in [4.78, 5) is 0. The van der Waals surface area contributed by atoms with E-state index in [2.05, 4.69) is 13.8 Å². The predicted octanol–water partition coefficient (Wildman–Crippen LogP) is 4.03. The quantitative estimate of drug-likeness (QED) is 0.359. The minimum atomic E-state index is -1.10. The average Bonchev–Trinajstić information content (AvgIpc) is 2.49. The molecule has 0 aromatic heterocycles. The van der Waals surface area contributed by atoms with Crippen molar-refractivity contribution < 1.29 is 10.2 Å². The summed E-state index contributed by atoms with van der Waals surface area (Å²) in [5.41, 5.74) is 11.2. The molecule has 0 aromatic carbocycles. The van der Waals surface area contributed by atoms with Gasteiger partial charge in [-0.3, -0.25) is 0 Å². The van der Waals surface area contributed by atoms with Crippen LogP contribution >= 0.6 is 0 Å². The number of hydrogen-bond acceptors (Lipinski definition) is 4. The molecule has 0 aliphatic heterocycles. The van der Waals surface area contributed by atoms with Gasteiger partial charge < -0.3 is 21.7 Å². The van der Waals surface area contributed by atoms with Crippen molar-refractivity contribution >= 4 is 0 Å². The summed E-state index contributed by atoms with van der Waals surface area (Å²) in [6.45, 7) is 4.37. The fourth-order valence-electron chi connectivity index (χ4n) is 3.03. The van der Waals surface area contributed by atoms with E-state index in [0.717, 1.165) is 19.3 Å². The summed E-state index contributed by atoms with van der Waals surface area (Å²) in [6.07, 6.45) is 15.6. The first-order valence-electron chi connectivity index (χ1n) is 9.84. The van der Waals surface area contributed by atoms with Crippen molar-refractivity contribution in [3.8, 4) is 0 Å². The first-order chi connectivity index (χ1) is 10.9. The maximum atomic E-state index is 8.61. The fourth-order valence-corrected chi connectivity index (χ4v) is 3.03. The normalized spacial score (nSPS) is 20.2. The summed E-state index contributed by atoms with van der Waals surface area (Å²) < 4.78 is 0. The maximum absolute atomic E-state index is 8.61. The van der Waals surface area contributed by atoms with Crippen molar-refractivity contribution in [3.63, 3.8) is 0 Å². The molecule has 140 valence electrons. The number of nitrogens with two attached hydrogens (primary N) is 2. The largest absolute Gasteiger partial charge is 0.368 e. The van der Waals surface area contributed by atoms with Crippen LogP contribution in [0.4, 0.5) is 0 Å². The molecule has 0 heterocycles. The van der Waals surface area contributed by atoms with Crippen molar-refractivity contribution in [2.45, 2.75) is 116 Å². The molecular formula is C19H42N2O2. The summed E-state index contributed by atoms with van der Waals surface area (Å²) in [7, 11) is 0. The minimum Gasteiger partial charge on any atom is -0.368 e. The first-order valence-corrected chi connectivity index (χ1v) is 9.84. The van der Waals surface area contributed by atoms with Crippen molar-refractivity contribution in [3.05, 3.63) is 0 Å². The van der Waals surface area contributed by atoms with Crippen LogP contribution in [0.3, 0.4) is 0 Å². The Balaban J connectivity index is 0.000000459. The molecule has 0 spiro atoms. The fraction of sp³-hybridized carbons (Fsp3) is 1.00. The van der Waals surface area contributed by atoms with Gasteiger partial charge in [-0.2, -0.15) is 0 Å². The lowest BCUT2D eigenvalue weighted by Crippen LogP contribution is -2.56. The highest BCUT2D eigenvalue weighted by Crippen LogP contribution is 2.26. The zero-order valence-corrected chi connectivity index (χ0v) is 15.6. The van der Waals surface area contributed by atoms with E-state index in [1.165, 1.54) is 64.2 Å². The van der Waals surface area contributed by atoms with E-state index in [9.17, 15) is 0 Å². The van der Waals surface area contributed by atoms with Crippen LogP contribution in [0, 0.1) is 5.92 Å². The molecular weight excluding hydrogens is 288 g/mol. The smallest absolute Gasteiger partial charge is 0.151 e. The molecule has 1 rings (SSSR count). The second-order valence-electron chi connectivity index (χ2n) is 7.36. The molecule has 1 atom stereocenters. The van der Waals surface area contributed by atoms with Gasteiger partial charge in [0, 0.05) is 0 Å². The van der Waals surface area contributed by atoms with E-state index in [1.54, 1.807) is 0 Å². The number of aliphatic hydroxyl groups excluding tert-OH is 1. The predicted molar refractivity (Wildman–Crippen MR) is 98.8 cm³/mol. The molecule has 1 aliphatic rings. The molecule has 0 amide bonds. The van der Waals surface area contributed by atoms with Gasteiger partial charge in [0.15, 0.2) is 6.29 Å². The molecule has 0 aromatic rings. The molecule has 4 heteroatoms. The van der Waals surface area contributed by atoms with Gasteiger partial charge in [-0.25, -0.2) is 0 Å². The molecule has 1 aliphatic carbocycles. The van der Waals surface area contributed by atoms with E-state index in [4.69, 9.17) is 21.7 Å². The molecule has 1 saturated carbocycles. The summed E-state index contributed by atoms with van der Waals surface area (Å²) >= 11 is 0. The third-order valence-electron chi connectivity index (χ3n) is 4.98. The van der Waals surface area contributed by atoms with Crippen molar-refractivity contribution in [2.24, 2.45) is 17.4 Å². The Hall–Kier alpha value is -0.160. The standard InChI is InChI=1S/C12H26O2.C7H16N2/c1-2-3-4-5-6-7-8-9-10-11-12(13)14;1-6-4-2-3-5-7(6,8)9/h12-14H,2-11H2,1H3;6H,2-5,8-9H2,1H3. The van der Waals surface area contributed by atoms with E-state index in [-0.39, 0.29) is 5.66 Å². The van der Waals surface area contributed by atoms with Crippen LogP contribution in [0.1, 0.15) is 104 Å². The van der Waals surface area contributed by atoms with E-state index >= 15 is 0 Å². The second-order valence-corrected chi connectivity index (χ2v) is 7.36. The summed E-state index contributed by atoms with van der Waals surface area (Å²) in [6, 6.07) is 0. The molecule has 1 unspecified atom stereocenters. The second kappa shape index (κ2) is 14.2. The van der Waals surface area contributed by atoms with Gasteiger partial charge in [0.2, 0.25) is 0 Å². The zero-order valence-electron chi connectivity index (χ0n) is 15.6. The zero-order chi connectivity index (χ0) is 17.6. The van der Waals surface area contributed by atoms with Gasteiger partial charge >= 0.3 is 0 Å². The SMILES string of the molecule is CC1CCCCC1(N)N.CCCCCCCCCCCC(O)O. The van der Waals surface area contributed by atoms with Crippen LogP contribution < -0.4 is 11.5 Å². The average molecular weight is 331 g/mol. The first kappa shape index (κ1) is 22.8. The van der Waals surface area contributed by atoms with Crippen LogP contribution in [0.2, 0.25) is 0 Å². The van der Waals surface area contributed by atoms with Gasteiger partial charge in [0.05, 0.1) is 5.66 Å². The highest BCUT2D eigenvalue weighted by molar-refractivity contribution is 4.86. The van der Waals surface area contributed by atoms with Gasteiger partial charge in [0.1, 0.15) is 0 Å². The lowest BCUT2D eigenvalue weighted by molar-refractivity contribution is -0.0466. The van der Waals surface area contributed by atoms with Crippen LogP contribution in [-0.4, -0.2) is 22.2 Å². The Kier molecular flexibility index (Phi) is 14.1. The van der Waals surface area contributed by atoms with Crippen LogP contribution in [0.5, 0.6) is 0 Å². The van der Waals surface area contributed by atoms with Crippen LogP contribution in [0.25, 0.3) is 0 Å². The van der Waals surface area contributed by atoms with Gasteiger partial charge in [-0.1, -0.05) is 78.1 Å². The van der Waals surface area contributed by atoms with Crippen molar-refractivity contribution in [2.75, 3.05) is 0 Å². The molecule has 0 radical (unpaired) electrons. The van der Waals surface area contributed by atoms with Crippen molar-refractivity contribution in [1.29, 1.82) is 0 Å². The highest BCUT2D eigenvalue weighted by atomic mass is 16.5. The molecule has 1 fully saturated rings. The Bertz CT molecular complexity index is 258. The highest BCUT2D eigenvalue weighted by Gasteiger charge is 2.29. The van der Waals surface area contributed by atoms with Gasteiger partial charge in [-0.15, -0.1) is 0 Å². The molecule has 6 N–H and O–H groups in total. The van der Waals surface area contributed by atoms with Crippen molar-refractivity contribution in [1.82, 2.24) is 0 Å². The number of aliphatic hydroxyl groups is 2. The third kappa shape index (κ3) is 13.9. The molecule has 0 bridgehead atoms. The molecule has 23 heavy (non-hydrogen) atoms. The Morgan fingerprint density at radius 2 is 1.43 bits per heavy atom. The minimum absolute atomic E-state index is 0.363. The maximum Gasteiger partial charge on any atom is 0.151 e. The topological polar surface area (TPSA) is 92.5 Å². The summed E-state index contributed by atoms with van der Waals surface area (Å²) in [5.74, 6) is 0.506. The molecule has 4 nitrogen and oxygen atoms in total. The third-order valence-corrected chi connectivity index (χ3v) is 4.98. The molecule has 0 saturated heterocycles. The van der Waals surface area contributed by atoms with E-state index in [0.29, 0.717) is 12.3 Å². The van der Waals surface area contributed by atoms with E-state index in [1.807, 2.05) is 0 Å². The lowest BCUT2D eigenvalue weighted by atomic mass is 9.81. The van der Waals surface area contributed by atoms with Crippen LogP contribution in [-0.2, 0) is 0 Å².